The molecule has 0 aromatic carbocycles. The van der Waals surface area contributed by atoms with Gasteiger partial charge in [0.25, 0.3) is 0 Å². The second-order valence-electron chi connectivity index (χ2n) is 0.184. The Morgan fingerprint density at radius 2 is 1.50 bits per heavy atom. The van der Waals surface area contributed by atoms with Crippen molar-refractivity contribution >= 4 is 30.6 Å². The Hall–Kier alpha value is 0.690. The van der Waals surface area contributed by atoms with E-state index in [-0.39, 0.29) is 0 Å². The minimum Gasteiger partial charge on any atom is -0.400 e. The molecule has 0 amide bonds. The van der Waals surface area contributed by atoms with Gasteiger partial charge in [-0.3, -0.25) is 0 Å². The first-order chi connectivity index (χ1) is 2.73. The van der Waals surface area contributed by atoms with Crippen LogP contribution >= 0.6 is 21.4 Å². The van der Waals surface area contributed by atoms with Crippen molar-refractivity contribution in [1.29, 1.82) is 0 Å². The van der Waals surface area contributed by atoms with Crippen LogP contribution in [-0.4, -0.2) is 16.4 Å². The first-order valence-electron chi connectivity index (χ1n) is 0.922. The molecule has 0 atom stereocenters. The summed E-state index contributed by atoms with van der Waals surface area (Å²) in [5, 5.41) is 7.00. The second-order valence-corrected chi connectivity index (χ2v) is 2.71. The monoisotopic (exact) mass is 150 g/mol. The van der Waals surface area contributed by atoms with Gasteiger partial charge in [0, 0.05) is 28.5 Å². The molecule has 0 radical (unpaired) electrons. The van der Waals surface area contributed by atoms with Crippen LogP contribution in [0, 0.1) is 0 Å². The predicted octanol–water partition coefficient (Wildman–Crippen LogP) is 0.651. The molecule has 40 valence electrons. The fraction of sp³-hybridized carbons (Fsp3) is 1.00. The molecule has 2 nitrogen and oxygen atoms in total. The Morgan fingerprint density at radius 1 is 1.50 bits per heavy atom. The highest BCUT2D eigenvalue weighted by Gasteiger charge is 1.67. The Bertz CT molecular complexity index is 34.5. The third-order valence-electron chi connectivity index (χ3n) is 0. The van der Waals surface area contributed by atoms with E-state index in [1.54, 1.807) is 0 Å². The zero-order valence-corrected chi connectivity index (χ0v) is 5.35. The minimum absolute atomic E-state index is 1.00. The fourth-order valence-corrected chi connectivity index (χ4v) is 0. The van der Waals surface area contributed by atoms with Crippen molar-refractivity contribution < 1.29 is 9.32 Å². The number of hydrogen-bond acceptors (Lipinski definition) is 2. The molecule has 0 spiro atoms. The Balaban J connectivity index is 0. The summed E-state index contributed by atoms with van der Waals surface area (Å²) in [7, 11) is 8.36. The molecule has 0 saturated heterocycles. The van der Waals surface area contributed by atoms with Crippen molar-refractivity contribution in [3.05, 3.63) is 0 Å². The molecule has 1 N–H and O–H groups in total. The Kier molecular flexibility index (Phi) is 15.1. The molecule has 0 aliphatic rings. The lowest BCUT2D eigenvalue weighted by Gasteiger charge is -1.50. The lowest BCUT2D eigenvalue weighted by molar-refractivity contribution is 0.399. The van der Waals surface area contributed by atoms with Gasteiger partial charge in [-0.15, -0.1) is 0 Å². The standard InChI is InChI=1S/CH4O.Cl2OS/c1-2;1-4(2)3/h2H,1H3;. The summed E-state index contributed by atoms with van der Waals surface area (Å²) in [6.07, 6.45) is 0. The van der Waals surface area contributed by atoms with E-state index < -0.39 is 9.23 Å². The lowest BCUT2D eigenvalue weighted by atomic mass is 11.8. The topological polar surface area (TPSA) is 37.3 Å². The SMILES string of the molecule is CO.O=S(Cl)Cl. The Morgan fingerprint density at radius 3 is 1.50 bits per heavy atom. The van der Waals surface area contributed by atoms with Crippen LogP contribution in [0.2, 0.25) is 0 Å². The van der Waals surface area contributed by atoms with E-state index in [1.807, 2.05) is 0 Å². The third-order valence-corrected chi connectivity index (χ3v) is 0. The van der Waals surface area contributed by atoms with Gasteiger partial charge >= 0.3 is 0 Å². The van der Waals surface area contributed by atoms with Gasteiger partial charge in [-0.2, -0.15) is 0 Å². The highest BCUT2D eigenvalue weighted by atomic mass is 36.0. The van der Waals surface area contributed by atoms with Crippen molar-refractivity contribution in [2.75, 3.05) is 7.11 Å². The molecule has 0 unspecified atom stereocenters. The predicted molar refractivity (Wildman–Crippen MR) is 28.0 cm³/mol. The summed E-state index contributed by atoms with van der Waals surface area (Å²) in [5.41, 5.74) is 0. The van der Waals surface area contributed by atoms with Crippen LogP contribution in [0.1, 0.15) is 0 Å². The van der Waals surface area contributed by atoms with Gasteiger partial charge in [-0.25, -0.2) is 4.21 Å². The second kappa shape index (κ2) is 9.19. The van der Waals surface area contributed by atoms with Crippen molar-refractivity contribution in [1.82, 2.24) is 0 Å². The van der Waals surface area contributed by atoms with E-state index in [2.05, 4.69) is 21.4 Å². The highest BCUT2D eigenvalue weighted by molar-refractivity contribution is 8.26. The average molecular weight is 151 g/mol. The molecule has 0 saturated carbocycles. The van der Waals surface area contributed by atoms with E-state index in [0.29, 0.717) is 0 Å². The molecule has 0 aliphatic heterocycles. The van der Waals surface area contributed by atoms with Gasteiger partial charge in [0.1, 0.15) is 0 Å². The third kappa shape index (κ3) is 134. The molecular weight excluding hydrogens is 147 g/mol. The van der Waals surface area contributed by atoms with E-state index in [1.165, 1.54) is 0 Å². The molecular formula is CH4Cl2O2S. The van der Waals surface area contributed by atoms with Crippen LogP contribution in [0.25, 0.3) is 0 Å². The first kappa shape index (κ1) is 9.85. The van der Waals surface area contributed by atoms with Crippen molar-refractivity contribution in [3.63, 3.8) is 0 Å². The molecule has 0 aromatic rings. The van der Waals surface area contributed by atoms with Gasteiger partial charge in [-0.1, -0.05) is 0 Å². The van der Waals surface area contributed by atoms with Gasteiger partial charge in [0.05, 0.1) is 0 Å². The molecule has 0 heterocycles. The zero-order valence-electron chi connectivity index (χ0n) is 3.02. The molecule has 5 heteroatoms. The van der Waals surface area contributed by atoms with Gasteiger partial charge in [-0.05, 0) is 0 Å². The van der Waals surface area contributed by atoms with E-state index in [4.69, 9.17) is 9.32 Å². The van der Waals surface area contributed by atoms with Crippen LogP contribution in [-0.2, 0) is 9.23 Å². The van der Waals surface area contributed by atoms with Gasteiger partial charge in [0.2, 0.25) is 9.23 Å². The summed E-state index contributed by atoms with van der Waals surface area (Å²) in [5.74, 6) is 0. The quantitative estimate of drug-likeness (QED) is 0.516. The molecule has 0 aromatic heterocycles. The molecule has 0 aliphatic carbocycles. The molecule has 0 rings (SSSR count). The number of aliphatic hydroxyl groups excluding tert-OH is 1. The Labute approximate surface area is 47.5 Å². The average Bonchev–Trinajstić information content (AvgIpc) is 1.41. The maximum atomic E-state index is 9.09. The molecule has 0 bridgehead atoms. The summed E-state index contributed by atoms with van der Waals surface area (Å²) < 4.78 is 9.09. The number of rotatable bonds is 0. The molecule has 0 fully saturated rings. The highest BCUT2D eigenvalue weighted by Crippen LogP contribution is 1.89. The first-order valence-corrected chi connectivity index (χ1v) is 3.72. The fourth-order valence-electron chi connectivity index (χ4n) is 0. The van der Waals surface area contributed by atoms with Crippen LogP contribution in [0.5, 0.6) is 0 Å². The van der Waals surface area contributed by atoms with Crippen LogP contribution in [0.4, 0.5) is 0 Å². The zero-order chi connectivity index (χ0) is 5.58. The normalized spacial score (nSPS) is 6.83. The van der Waals surface area contributed by atoms with Gasteiger partial charge in [0.15, 0.2) is 0 Å². The molecule has 6 heavy (non-hydrogen) atoms. The lowest BCUT2D eigenvalue weighted by Crippen LogP contribution is -1.41. The summed E-state index contributed by atoms with van der Waals surface area (Å²) >= 11 is 0. The van der Waals surface area contributed by atoms with Gasteiger partial charge < -0.3 is 5.11 Å². The maximum Gasteiger partial charge on any atom is 0.211 e. The number of hydrogen-bond donors (Lipinski definition) is 1. The number of halogens is 2. The van der Waals surface area contributed by atoms with Crippen molar-refractivity contribution in [2.45, 2.75) is 0 Å². The van der Waals surface area contributed by atoms with Crippen LogP contribution < -0.4 is 0 Å². The minimum atomic E-state index is -1.67. The van der Waals surface area contributed by atoms with Crippen molar-refractivity contribution in [3.8, 4) is 0 Å². The van der Waals surface area contributed by atoms with E-state index >= 15 is 0 Å². The maximum absolute atomic E-state index is 9.09. The summed E-state index contributed by atoms with van der Waals surface area (Å²) in [6.45, 7) is 0. The smallest absolute Gasteiger partial charge is 0.211 e. The summed E-state index contributed by atoms with van der Waals surface area (Å²) in [6, 6.07) is 0. The largest absolute Gasteiger partial charge is 0.400 e. The summed E-state index contributed by atoms with van der Waals surface area (Å²) in [4.78, 5) is 0. The van der Waals surface area contributed by atoms with Crippen LogP contribution in [0.15, 0.2) is 0 Å². The van der Waals surface area contributed by atoms with E-state index in [0.717, 1.165) is 7.11 Å². The van der Waals surface area contributed by atoms with E-state index in [9.17, 15) is 0 Å². The van der Waals surface area contributed by atoms with Crippen LogP contribution in [0.3, 0.4) is 0 Å². The number of aliphatic hydroxyl groups is 1. The van der Waals surface area contributed by atoms with Crippen molar-refractivity contribution in [2.24, 2.45) is 0 Å².